The number of rotatable bonds is 11. The Balaban J connectivity index is 2.25. The number of benzene rings is 2. The van der Waals surface area contributed by atoms with Crippen LogP contribution >= 0.6 is 7.60 Å². The minimum atomic E-state index is -3.43. The fourth-order valence-corrected chi connectivity index (χ4v) is 3.85. The van der Waals surface area contributed by atoms with Crippen molar-refractivity contribution in [2.75, 3.05) is 24.9 Å². The highest BCUT2D eigenvalue weighted by atomic mass is 31.2. The first-order valence-electron chi connectivity index (χ1n) is 8.93. The average molecular weight is 405 g/mol. The number of amides is 1. The third-order valence-corrected chi connectivity index (χ3v) is 5.44. The van der Waals surface area contributed by atoms with Gasteiger partial charge in [0.1, 0.15) is 5.75 Å². The fraction of sp³-hybridized carbons (Fsp3) is 0.300. The smallest absolute Gasteiger partial charge is 0.367 e. The number of nitrogens with one attached hydrogen (secondary N) is 1. The van der Waals surface area contributed by atoms with Crippen LogP contribution in [0, 0.1) is 0 Å². The predicted molar refractivity (Wildman–Crippen MR) is 107 cm³/mol. The van der Waals surface area contributed by atoms with E-state index in [9.17, 15) is 14.2 Å². The van der Waals surface area contributed by atoms with Crippen molar-refractivity contribution < 1.29 is 27.9 Å². The summed E-state index contributed by atoms with van der Waals surface area (Å²) in [5, 5.41) is 2.45. The first kappa shape index (κ1) is 21.8. The highest BCUT2D eigenvalue weighted by molar-refractivity contribution is 7.53. The van der Waals surface area contributed by atoms with Gasteiger partial charge in [0.2, 0.25) is 6.29 Å². The maximum Gasteiger partial charge on any atom is 0.367 e. The molecule has 0 saturated heterocycles. The lowest BCUT2D eigenvalue weighted by molar-refractivity contribution is -0.127. The normalized spacial score (nSPS) is 11.1. The first-order chi connectivity index (χ1) is 13.5. The zero-order valence-corrected chi connectivity index (χ0v) is 16.8. The van der Waals surface area contributed by atoms with Crippen molar-refractivity contribution in [2.24, 2.45) is 0 Å². The Morgan fingerprint density at radius 3 is 2.32 bits per heavy atom. The second-order valence-corrected chi connectivity index (χ2v) is 7.82. The van der Waals surface area contributed by atoms with Gasteiger partial charge < -0.3 is 19.1 Å². The van der Waals surface area contributed by atoms with Crippen molar-refractivity contribution in [1.82, 2.24) is 0 Å². The Morgan fingerprint density at radius 2 is 1.71 bits per heavy atom. The highest BCUT2D eigenvalue weighted by Gasteiger charge is 2.25. The Morgan fingerprint density at radius 1 is 1.04 bits per heavy atom. The van der Waals surface area contributed by atoms with Crippen LogP contribution in [-0.4, -0.2) is 31.8 Å². The van der Waals surface area contributed by atoms with Crippen molar-refractivity contribution in [3.05, 3.63) is 59.7 Å². The minimum Gasteiger partial charge on any atom is -0.479 e. The molecule has 0 aliphatic heterocycles. The predicted octanol–water partition coefficient (Wildman–Crippen LogP) is 4.02. The van der Waals surface area contributed by atoms with Gasteiger partial charge in [-0.25, -0.2) is 0 Å². The molecule has 1 amide bonds. The number of hydrogen-bond donors (Lipinski definition) is 1. The molecule has 0 saturated carbocycles. The second kappa shape index (κ2) is 10.8. The molecule has 1 N–H and O–H groups in total. The summed E-state index contributed by atoms with van der Waals surface area (Å²) in [4.78, 5) is 22.2. The largest absolute Gasteiger partial charge is 0.479 e. The SMILES string of the molecule is CCOP(=O)(COc1cc(Cc2ccccc2)ccc1NC(=O)C=O)OCC. The van der Waals surface area contributed by atoms with Gasteiger partial charge in [0.25, 0.3) is 5.91 Å². The van der Waals surface area contributed by atoms with E-state index in [0.717, 1.165) is 11.1 Å². The lowest BCUT2D eigenvalue weighted by Gasteiger charge is -2.19. The summed E-state index contributed by atoms with van der Waals surface area (Å²) in [5.41, 5.74) is 2.33. The molecule has 0 unspecified atom stereocenters. The quantitative estimate of drug-likeness (QED) is 0.345. The van der Waals surface area contributed by atoms with Crippen molar-refractivity contribution in [2.45, 2.75) is 20.3 Å². The maximum absolute atomic E-state index is 12.6. The van der Waals surface area contributed by atoms with Crippen molar-refractivity contribution in [1.29, 1.82) is 0 Å². The number of aldehydes is 1. The summed E-state index contributed by atoms with van der Waals surface area (Å²) in [6.45, 7) is 3.84. The van der Waals surface area contributed by atoms with Crippen molar-refractivity contribution in [3.8, 4) is 5.75 Å². The summed E-state index contributed by atoms with van der Waals surface area (Å²) in [6, 6.07) is 15.0. The van der Waals surface area contributed by atoms with Crippen molar-refractivity contribution in [3.63, 3.8) is 0 Å². The molecule has 0 spiro atoms. The zero-order chi connectivity index (χ0) is 20.4. The van der Waals surface area contributed by atoms with Gasteiger partial charge in [-0.3, -0.25) is 14.2 Å². The van der Waals surface area contributed by atoms with E-state index in [1.807, 2.05) is 36.4 Å². The Hall–Kier alpha value is -2.47. The number of anilines is 1. The molecule has 7 nitrogen and oxygen atoms in total. The van der Waals surface area contributed by atoms with Gasteiger partial charge in [-0.1, -0.05) is 36.4 Å². The molecule has 0 aromatic heterocycles. The van der Waals surface area contributed by atoms with E-state index in [1.165, 1.54) is 0 Å². The minimum absolute atomic E-state index is 0.174. The standard InChI is InChI=1S/C20H24NO6P/c1-3-26-28(24,27-4-2)15-25-19-13-17(12-16-8-6-5-7-9-16)10-11-18(19)21-20(23)14-22/h5-11,13-14H,3-4,12,15H2,1-2H3,(H,21,23). The van der Waals surface area contributed by atoms with E-state index < -0.39 is 13.5 Å². The molecule has 0 radical (unpaired) electrons. The summed E-state index contributed by atoms with van der Waals surface area (Å²) >= 11 is 0. The van der Waals surface area contributed by atoms with Gasteiger partial charge in [-0.15, -0.1) is 0 Å². The monoisotopic (exact) mass is 405 g/mol. The molecule has 150 valence electrons. The van der Waals surface area contributed by atoms with Crippen molar-refractivity contribution >= 4 is 25.5 Å². The third kappa shape index (κ3) is 6.60. The van der Waals surface area contributed by atoms with Crippen LogP contribution in [0.4, 0.5) is 5.69 Å². The van der Waals surface area contributed by atoms with Crippen LogP contribution in [-0.2, 0) is 29.6 Å². The van der Waals surface area contributed by atoms with E-state index in [4.69, 9.17) is 13.8 Å². The molecule has 0 heterocycles. The second-order valence-electron chi connectivity index (χ2n) is 5.82. The highest BCUT2D eigenvalue weighted by Crippen LogP contribution is 2.48. The summed E-state index contributed by atoms with van der Waals surface area (Å²) in [6.07, 6.45) is 0.508. The van der Waals surface area contributed by atoms with Crippen LogP contribution in [0.25, 0.3) is 0 Å². The van der Waals surface area contributed by atoms with E-state index in [1.54, 1.807) is 26.0 Å². The molecule has 28 heavy (non-hydrogen) atoms. The number of carbonyl (C=O) groups is 2. The maximum atomic E-state index is 12.6. The lowest BCUT2D eigenvalue weighted by Crippen LogP contribution is -2.14. The topological polar surface area (TPSA) is 90.9 Å². The third-order valence-electron chi connectivity index (χ3n) is 3.69. The molecule has 0 aliphatic carbocycles. The molecular formula is C20H24NO6P. The summed E-state index contributed by atoms with van der Waals surface area (Å²) in [5.74, 6) is -0.526. The molecule has 8 heteroatoms. The van der Waals surface area contributed by atoms with Crippen LogP contribution in [0.1, 0.15) is 25.0 Å². The lowest BCUT2D eigenvalue weighted by atomic mass is 10.0. The average Bonchev–Trinajstić information content (AvgIpc) is 2.69. The van der Waals surface area contributed by atoms with Gasteiger partial charge in [0.15, 0.2) is 6.35 Å². The number of ether oxygens (including phenoxy) is 1. The van der Waals surface area contributed by atoms with E-state index in [2.05, 4.69) is 5.32 Å². The molecule has 2 aromatic rings. The van der Waals surface area contributed by atoms with E-state index in [0.29, 0.717) is 12.1 Å². The van der Waals surface area contributed by atoms with Gasteiger partial charge in [0, 0.05) is 0 Å². The zero-order valence-electron chi connectivity index (χ0n) is 15.9. The fourth-order valence-electron chi connectivity index (χ4n) is 2.55. The van der Waals surface area contributed by atoms with Crippen LogP contribution in [0.3, 0.4) is 0 Å². The molecule has 0 aliphatic rings. The van der Waals surface area contributed by atoms with Gasteiger partial charge in [0.05, 0.1) is 18.9 Å². The van der Waals surface area contributed by atoms with Crippen LogP contribution < -0.4 is 10.1 Å². The number of hydrogen-bond acceptors (Lipinski definition) is 6. The Kier molecular flexibility index (Phi) is 8.39. The van der Waals surface area contributed by atoms with Gasteiger partial charge >= 0.3 is 7.60 Å². The summed E-state index contributed by atoms with van der Waals surface area (Å²) in [7, 11) is -3.43. The molecule has 0 fully saturated rings. The molecule has 0 bridgehead atoms. The molecule has 2 aromatic carbocycles. The molecule has 0 atom stereocenters. The van der Waals surface area contributed by atoms with Crippen LogP contribution in [0.2, 0.25) is 0 Å². The Labute approximate surface area is 164 Å². The molecular weight excluding hydrogens is 381 g/mol. The van der Waals surface area contributed by atoms with Crippen LogP contribution in [0.5, 0.6) is 5.75 Å². The Bertz CT molecular complexity index is 830. The van der Waals surface area contributed by atoms with Gasteiger partial charge in [-0.2, -0.15) is 0 Å². The number of carbonyl (C=O) groups excluding carboxylic acids is 2. The van der Waals surface area contributed by atoms with E-state index in [-0.39, 0.29) is 31.6 Å². The van der Waals surface area contributed by atoms with E-state index >= 15 is 0 Å². The first-order valence-corrected chi connectivity index (χ1v) is 10.7. The van der Waals surface area contributed by atoms with Gasteiger partial charge in [-0.05, 0) is 43.5 Å². The van der Waals surface area contributed by atoms with Crippen LogP contribution in [0.15, 0.2) is 48.5 Å². The summed E-state index contributed by atoms with van der Waals surface area (Å²) < 4.78 is 28.8. The molecule has 2 rings (SSSR count).